The highest BCUT2D eigenvalue weighted by Gasteiger charge is 2.32. The molecule has 1 unspecified atom stereocenters. The van der Waals surface area contributed by atoms with Gasteiger partial charge in [0.2, 0.25) is 0 Å². The van der Waals surface area contributed by atoms with Crippen LogP contribution in [0.15, 0.2) is 54.9 Å². The molecule has 7 heteroatoms. The Labute approximate surface area is 160 Å². The lowest BCUT2D eigenvalue weighted by Gasteiger charge is -2.25. The summed E-state index contributed by atoms with van der Waals surface area (Å²) in [6.45, 7) is 0.612. The summed E-state index contributed by atoms with van der Waals surface area (Å²) in [5.74, 6) is -0.399. The minimum atomic E-state index is -0.268. The molecule has 1 aliphatic heterocycles. The Morgan fingerprint density at radius 3 is 2.93 bits per heavy atom. The molecule has 1 saturated heterocycles. The number of aromatic amines is 2. The molecule has 4 heterocycles. The van der Waals surface area contributed by atoms with Gasteiger partial charge in [-0.1, -0.05) is 18.2 Å². The second-order valence-corrected chi connectivity index (χ2v) is 6.98. The van der Waals surface area contributed by atoms with Gasteiger partial charge in [0.25, 0.3) is 5.91 Å². The van der Waals surface area contributed by atoms with E-state index < -0.39 is 0 Å². The third-order valence-electron chi connectivity index (χ3n) is 5.28. The number of hydrogen-bond donors (Lipinski definition) is 2. The number of benzene rings is 1. The molecule has 1 aliphatic rings. The number of pyridine rings is 1. The molecular weight excluding hydrogens is 357 g/mol. The summed E-state index contributed by atoms with van der Waals surface area (Å²) in [4.78, 5) is 22.6. The van der Waals surface area contributed by atoms with Gasteiger partial charge in [-0.05, 0) is 37.1 Å². The van der Waals surface area contributed by atoms with Crippen molar-refractivity contribution < 1.29 is 9.18 Å². The summed E-state index contributed by atoms with van der Waals surface area (Å²) in [6.07, 6.45) is 5.09. The van der Waals surface area contributed by atoms with Crippen molar-refractivity contribution in [3.05, 3.63) is 71.9 Å². The fourth-order valence-electron chi connectivity index (χ4n) is 3.91. The molecule has 1 amide bonds. The molecule has 1 aromatic carbocycles. The topological polar surface area (TPSA) is 77.7 Å². The van der Waals surface area contributed by atoms with Crippen LogP contribution >= 0.6 is 0 Å². The van der Waals surface area contributed by atoms with Crippen LogP contribution in [0.5, 0.6) is 0 Å². The number of nitrogens with zero attached hydrogens (tertiary/aromatic N) is 3. The summed E-state index contributed by atoms with van der Waals surface area (Å²) in [7, 11) is 0. The predicted molar refractivity (Wildman–Crippen MR) is 103 cm³/mol. The van der Waals surface area contributed by atoms with E-state index in [4.69, 9.17) is 0 Å². The lowest BCUT2D eigenvalue weighted by Crippen LogP contribution is -2.31. The predicted octanol–water partition coefficient (Wildman–Crippen LogP) is 4.07. The van der Waals surface area contributed by atoms with E-state index >= 15 is 0 Å². The molecule has 2 N–H and O–H groups in total. The molecule has 6 nitrogen and oxygen atoms in total. The van der Waals surface area contributed by atoms with Crippen LogP contribution in [0.2, 0.25) is 0 Å². The zero-order valence-corrected chi connectivity index (χ0v) is 15.0. The third kappa shape index (κ3) is 2.76. The number of H-pyrrole nitrogens is 2. The standard InChI is InChI=1S/C21H18FN5O/c22-16-5-2-1-4-15(16)19-6-3-9-27(19)21(28)18-10-13-7-8-17(25-20(13)26-18)14-11-23-24-12-14/h1-2,4-5,7-8,10-12,19H,3,6,9H2,(H,23,24)(H,25,26). The van der Waals surface area contributed by atoms with Gasteiger partial charge in [0.05, 0.1) is 17.9 Å². The second-order valence-electron chi connectivity index (χ2n) is 6.98. The SMILES string of the molecule is O=C(c1cc2ccc(-c3cn[nH]c3)nc2[nH]1)N1CCCC1c1ccccc1F. The van der Waals surface area contributed by atoms with Crippen LogP contribution in [0.4, 0.5) is 4.39 Å². The number of rotatable bonds is 3. The largest absolute Gasteiger partial charge is 0.335 e. The van der Waals surface area contributed by atoms with Gasteiger partial charge >= 0.3 is 0 Å². The minimum Gasteiger partial charge on any atom is -0.335 e. The number of carbonyl (C=O) groups is 1. The van der Waals surface area contributed by atoms with E-state index in [9.17, 15) is 9.18 Å². The van der Waals surface area contributed by atoms with Gasteiger partial charge in [-0.2, -0.15) is 5.10 Å². The molecule has 0 saturated carbocycles. The van der Waals surface area contributed by atoms with E-state index in [-0.39, 0.29) is 17.8 Å². The summed E-state index contributed by atoms with van der Waals surface area (Å²) in [6, 6.07) is 12.1. The Hall–Kier alpha value is -3.48. The van der Waals surface area contributed by atoms with Crippen LogP contribution in [-0.2, 0) is 0 Å². The quantitative estimate of drug-likeness (QED) is 0.567. The van der Waals surface area contributed by atoms with Crippen molar-refractivity contribution >= 4 is 16.9 Å². The molecule has 1 atom stereocenters. The summed E-state index contributed by atoms with van der Waals surface area (Å²) in [5.41, 5.74) is 3.33. The number of amides is 1. The van der Waals surface area contributed by atoms with E-state index in [1.807, 2.05) is 18.2 Å². The average Bonchev–Trinajstić information content (AvgIpc) is 3.47. The first-order valence-corrected chi connectivity index (χ1v) is 9.25. The fourth-order valence-corrected chi connectivity index (χ4v) is 3.91. The van der Waals surface area contributed by atoms with Crippen molar-refractivity contribution in [1.29, 1.82) is 0 Å². The number of likely N-dealkylation sites (tertiary alicyclic amines) is 1. The summed E-state index contributed by atoms with van der Waals surface area (Å²) in [5, 5.41) is 7.57. The zero-order valence-electron chi connectivity index (χ0n) is 15.0. The van der Waals surface area contributed by atoms with Gasteiger partial charge in [0.1, 0.15) is 17.2 Å². The highest BCUT2D eigenvalue weighted by atomic mass is 19.1. The van der Waals surface area contributed by atoms with E-state index in [1.165, 1.54) is 6.07 Å². The third-order valence-corrected chi connectivity index (χ3v) is 5.28. The highest BCUT2D eigenvalue weighted by molar-refractivity contribution is 5.98. The van der Waals surface area contributed by atoms with Crippen molar-refractivity contribution in [2.24, 2.45) is 0 Å². The highest BCUT2D eigenvalue weighted by Crippen LogP contribution is 2.34. The van der Waals surface area contributed by atoms with Crippen LogP contribution < -0.4 is 0 Å². The van der Waals surface area contributed by atoms with E-state index in [2.05, 4.69) is 20.2 Å². The average molecular weight is 375 g/mol. The Morgan fingerprint density at radius 1 is 1.21 bits per heavy atom. The molecule has 140 valence electrons. The molecule has 3 aromatic heterocycles. The first kappa shape index (κ1) is 16.7. The molecule has 0 spiro atoms. The van der Waals surface area contributed by atoms with Crippen LogP contribution in [0.1, 0.15) is 34.9 Å². The van der Waals surface area contributed by atoms with Gasteiger partial charge in [-0.25, -0.2) is 9.37 Å². The zero-order chi connectivity index (χ0) is 19.1. The van der Waals surface area contributed by atoms with Gasteiger partial charge in [-0.3, -0.25) is 9.89 Å². The number of carbonyl (C=O) groups excluding carboxylic acids is 1. The Kier molecular flexibility index (Phi) is 3.93. The first-order chi connectivity index (χ1) is 13.7. The van der Waals surface area contributed by atoms with Gasteiger partial charge in [0.15, 0.2) is 0 Å². The van der Waals surface area contributed by atoms with Crippen LogP contribution in [0.3, 0.4) is 0 Å². The minimum absolute atomic E-state index is 0.131. The normalized spacial score (nSPS) is 16.8. The molecule has 5 rings (SSSR count). The molecule has 0 aliphatic carbocycles. The van der Waals surface area contributed by atoms with E-state index in [1.54, 1.807) is 35.5 Å². The molecular formula is C21H18FN5O. The molecule has 0 bridgehead atoms. The number of aromatic nitrogens is 4. The fraction of sp³-hybridized carbons (Fsp3) is 0.190. The maximum absolute atomic E-state index is 14.3. The van der Waals surface area contributed by atoms with Gasteiger partial charge in [-0.15, -0.1) is 0 Å². The lowest BCUT2D eigenvalue weighted by atomic mass is 10.0. The van der Waals surface area contributed by atoms with Crippen LogP contribution in [0, 0.1) is 5.82 Å². The van der Waals surface area contributed by atoms with Gasteiger partial charge < -0.3 is 9.88 Å². The molecule has 0 radical (unpaired) electrons. The monoisotopic (exact) mass is 375 g/mol. The van der Waals surface area contributed by atoms with Crippen LogP contribution in [-0.4, -0.2) is 37.5 Å². The van der Waals surface area contributed by atoms with Gasteiger partial charge in [0, 0.05) is 29.3 Å². The van der Waals surface area contributed by atoms with Crippen molar-refractivity contribution in [3.8, 4) is 11.3 Å². The van der Waals surface area contributed by atoms with Crippen molar-refractivity contribution in [2.75, 3.05) is 6.54 Å². The van der Waals surface area contributed by atoms with Crippen LogP contribution in [0.25, 0.3) is 22.3 Å². The maximum atomic E-state index is 14.3. The lowest BCUT2D eigenvalue weighted by molar-refractivity contribution is 0.0728. The Bertz CT molecular complexity index is 1150. The second kappa shape index (κ2) is 6.60. The Morgan fingerprint density at radius 2 is 2.11 bits per heavy atom. The number of nitrogens with one attached hydrogen (secondary N) is 2. The van der Waals surface area contributed by atoms with Crippen molar-refractivity contribution in [3.63, 3.8) is 0 Å². The van der Waals surface area contributed by atoms with Crippen molar-refractivity contribution in [2.45, 2.75) is 18.9 Å². The number of fused-ring (bicyclic) bond motifs is 1. The molecule has 1 fully saturated rings. The summed E-state index contributed by atoms with van der Waals surface area (Å²) < 4.78 is 14.3. The van der Waals surface area contributed by atoms with Crippen molar-refractivity contribution in [1.82, 2.24) is 25.1 Å². The first-order valence-electron chi connectivity index (χ1n) is 9.25. The van der Waals surface area contributed by atoms with E-state index in [0.29, 0.717) is 23.4 Å². The molecule has 4 aromatic rings. The molecule has 28 heavy (non-hydrogen) atoms. The number of hydrogen-bond acceptors (Lipinski definition) is 3. The maximum Gasteiger partial charge on any atom is 0.270 e. The Balaban J connectivity index is 1.47. The summed E-state index contributed by atoms with van der Waals surface area (Å²) >= 11 is 0. The van der Waals surface area contributed by atoms with E-state index in [0.717, 1.165) is 29.5 Å². The number of halogens is 1. The smallest absolute Gasteiger partial charge is 0.270 e.